The summed E-state index contributed by atoms with van der Waals surface area (Å²) in [5.41, 5.74) is 0. The van der Waals surface area contributed by atoms with Crippen LogP contribution in [0.3, 0.4) is 0 Å². The zero-order valence-corrected chi connectivity index (χ0v) is 10.9. The molecule has 2 bridgehead atoms. The van der Waals surface area contributed by atoms with Gasteiger partial charge < -0.3 is 9.64 Å². The Labute approximate surface area is 104 Å². The van der Waals surface area contributed by atoms with E-state index in [4.69, 9.17) is 4.74 Å². The van der Waals surface area contributed by atoms with E-state index >= 15 is 0 Å². The highest BCUT2D eigenvalue weighted by Gasteiger charge is 2.45. The topological polar surface area (TPSA) is 29.5 Å². The van der Waals surface area contributed by atoms with Crippen LogP contribution >= 0.6 is 0 Å². The summed E-state index contributed by atoms with van der Waals surface area (Å²) in [6, 6.07) is 0. The number of fused-ring (bicyclic) bond motifs is 2. The smallest absolute Gasteiger partial charge is 0.226 e. The van der Waals surface area contributed by atoms with Crippen LogP contribution in [0.4, 0.5) is 0 Å². The van der Waals surface area contributed by atoms with Gasteiger partial charge in [0.2, 0.25) is 5.91 Å². The summed E-state index contributed by atoms with van der Waals surface area (Å²) >= 11 is 0. The molecule has 1 saturated heterocycles. The van der Waals surface area contributed by atoms with Crippen LogP contribution in [0, 0.1) is 17.8 Å². The Kier molecular flexibility index (Phi) is 2.89. The van der Waals surface area contributed by atoms with E-state index in [9.17, 15) is 4.79 Å². The fourth-order valence-electron chi connectivity index (χ4n) is 4.14. The molecule has 0 aromatic rings. The first-order valence-corrected chi connectivity index (χ1v) is 7.07. The number of rotatable bonds is 1. The van der Waals surface area contributed by atoms with Crippen LogP contribution < -0.4 is 0 Å². The summed E-state index contributed by atoms with van der Waals surface area (Å²) < 4.78 is 5.70. The summed E-state index contributed by atoms with van der Waals surface area (Å²) in [4.78, 5) is 14.6. The van der Waals surface area contributed by atoms with Gasteiger partial charge in [0.15, 0.2) is 0 Å². The average Bonchev–Trinajstić information content (AvgIpc) is 2.88. The van der Waals surface area contributed by atoms with Crippen molar-refractivity contribution in [3.63, 3.8) is 0 Å². The predicted octanol–water partition coefficient (Wildman–Crippen LogP) is 2.06. The molecule has 3 heteroatoms. The Morgan fingerprint density at radius 2 is 1.82 bits per heavy atom. The number of morpholine rings is 1. The fourth-order valence-corrected chi connectivity index (χ4v) is 4.14. The van der Waals surface area contributed by atoms with Crippen molar-refractivity contribution in [3.8, 4) is 0 Å². The van der Waals surface area contributed by atoms with E-state index in [1.54, 1.807) is 0 Å². The van der Waals surface area contributed by atoms with E-state index in [0.717, 1.165) is 25.4 Å². The highest BCUT2D eigenvalue weighted by Crippen LogP contribution is 2.49. The molecule has 3 nitrogen and oxygen atoms in total. The largest absolute Gasteiger partial charge is 0.372 e. The van der Waals surface area contributed by atoms with Gasteiger partial charge in [0.25, 0.3) is 0 Å². The third-order valence-corrected chi connectivity index (χ3v) is 4.79. The third kappa shape index (κ3) is 2.10. The van der Waals surface area contributed by atoms with Gasteiger partial charge in [0, 0.05) is 19.0 Å². The van der Waals surface area contributed by atoms with Crippen LogP contribution in [0.2, 0.25) is 0 Å². The molecule has 1 amide bonds. The molecular weight excluding hydrogens is 214 g/mol. The molecular formula is C14H23NO2. The van der Waals surface area contributed by atoms with E-state index < -0.39 is 0 Å². The highest BCUT2D eigenvalue weighted by molar-refractivity contribution is 5.79. The lowest BCUT2D eigenvalue weighted by atomic mass is 9.87. The maximum atomic E-state index is 12.6. The van der Waals surface area contributed by atoms with Crippen molar-refractivity contribution in [2.45, 2.75) is 51.7 Å². The fraction of sp³-hybridized carbons (Fsp3) is 0.929. The average molecular weight is 237 g/mol. The maximum Gasteiger partial charge on any atom is 0.226 e. The van der Waals surface area contributed by atoms with Gasteiger partial charge in [-0.2, -0.15) is 0 Å². The molecule has 0 radical (unpaired) electrons. The van der Waals surface area contributed by atoms with Gasteiger partial charge in [-0.15, -0.1) is 0 Å². The molecule has 0 spiro atoms. The first-order chi connectivity index (χ1) is 8.13. The molecule has 3 fully saturated rings. The molecule has 0 N–H and O–H groups in total. The molecule has 3 rings (SSSR count). The molecule has 5 atom stereocenters. The highest BCUT2D eigenvalue weighted by atomic mass is 16.5. The van der Waals surface area contributed by atoms with Crippen LogP contribution in [0.5, 0.6) is 0 Å². The number of carbonyl (C=O) groups is 1. The SMILES string of the molecule is CC1CN(C(=O)C2CC3CCC2C3)CC(C)O1. The summed E-state index contributed by atoms with van der Waals surface area (Å²) in [6.07, 6.45) is 5.51. The minimum atomic E-state index is 0.196. The summed E-state index contributed by atoms with van der Waals surface area (Å²) in [5.74, 6) is 2.30. The van der Waals surface area contributed by atoms with E-state index in [2.05, 4.69) is 18.7 Å². The monoisotopic (exact) mass is 237 g/mol. The van der Waals surface area contributed by atoms with E-state index in [1.165, 1.54) is 19.3 Å². The Balaban J connectivity index is 1.65. The van der Waals surface area contributed by atoms with E-state index in [1.807, 2.05) is 0 Å². The normalized spacial score (nSPS) is 45.3. The second-order valence-corrected chi connectivity index (χ2v) is 6.28. The lowest BCUT2D eigenvalue weighted by Gasteiger charge is -2.38. The van der Waals surface area contributed by atoms with Gasteiger partial charge in [0.05, 0.1) is 12.2 Å². The zero-order valence-electron chi connectivity index (χ0n) is 10.9. The Hall–Kier alpha value is -0.570. The van der Waals surface area contributed by atoms with Crippen LogP contribution in [0.15, 0.2) is 0 Å². The van der Waals surface area contributed by atoms with Crippen molar-refractivity contribution in [1.82, 2.24) is 4.90 Å². The quantitative estimate of drug-likeness (QED) is 0.698. The first kappa shape index (κ1) is 11.5. The minimum absolute atomic E-state index is 0.196. The number of hydrogen-bond acceptors (Lipinski definition) is 2. The van der Waals surface area contributed by atoms with Crippen molar-refractivity contribution in [2.24, 2.45) is 17.8 Å². The number of hydrogen-bond donors (Lipinski definition) is 0. The Morgan fingerprint density at radius 1 is 1.12 bits per heavy atom. The Bertz CT molecular complexity index is 307. The first-order valence-electron chi connectivity index (χ1n) is 7.07. The summed E-state index contributed by atoms with van der Waals surface area (Å²) in [7, 11) is 0. The number of ether oxygens (including phenoxy) is 1. The van der Waals surface area contributed by atoms with Gasteiger partial charge in [-0.25, -0.2) is 0 Å². The number of carbonyl (C=O) groups excluding carboxylic acids is 1. The zero-order chi connectivity index (χ0) is 12.0. The predicted molar refractivity (Wildman–Crippen MR) is 65.5 cm³/mol. The maximum absolute atomic E-state index is 12.6. The van der Waals surface area contributed by atoms with E-state index in [-0.39, 0.29) is 12.2 Å². The molecule has 17 heavy (non-hydrogen) atoms. The van der Waals surface area contributed by atoms with Crippen LogP contribution in [-0.4, -0.2) is 36.1 Å². The van der Waals surface area contributed by atoms with Crippen LogP contribution in [0.1, 0.15) is 39.5 Å². The van der Waals surface area contributed by atoms with Crippen molar-refractivity contribution >= 4 is 5.91 Å². The minimum Gasteiger partial charge on any atom is -0.372 e. The van der Waals surface area contributed by atoms with Gasteiger partial charge >= 0.3 is 0 Å². The molecule has 3 aliphatic rings. The Morgan fingerprint density at radius 3 is 2.35 bits per heavy atom. The molecule has 0 aromatic carbocycles. The lowest BCUT2D eigenvalue weighted by molar-refractivity contribution is -0.149. The van der Waals surface area contributed by atoms with Gasteiger partial charge in [-0.1, -0.05) is 6.42 Å². The number of amides is 1. The van der Waals surface area contributed by atoms with Crippen molar-refractivity contribution in [3.05, 3.63) is 0 Å². The molecule has 96 valence electrons. The van der Waals surface area contributed by atoms with Gasteiger partial charge in [0.1, 0.15) is 0 Å². The lowest BCUT2D eigenvalue weighted by Crippen LogP contribution is -2.50. The third-order valence-electron chi connectivity index (χ3n) is 4.79. The second kappa shape index (κ2) is 4.27. The molecule has 5 unspecified atom stereocenters. The second-order valence-electron chi connectivity index (χ2n) is 6.28. The number of nitrogens with zero attached hydrogens (tertiary/aromatic N) is 1. The molecule has 2 aliphatic carbocycles. The van der Waals surface area contributed by atoms with Crippen molar-refractivity contribution in [2.75, 3.05) is 13.1 Å². The summed E-state index contributed by atoms with van der Waals surface area (Å²) in [6.45, 7) is 5.71. The van der Waals surface area contributed by atoms with Crippen molar-refractivity contribution < 1.29 is 9.53 Å². The van der Waals surface area contributed by atoms with E-state index in [0.29, 0.717) is 17.7 Å². The summed E-state index contributed by atoms with van der Waals surface area (Å²) in [5, 5.41) is 0. The molecule has 0 aromatic heterocycles. The molecule has 2 saturated carbocycles. The van der Waals surface area contributed by atoms with Crippen LogP contribution in [-0.2, 0) is 9.53 Å². The standard InChI is InChI=1S/C14H23NO2/c1-9-7-15(8-10(2)17-9)14(16)13-6-11-3-4-12(13)5-11/h9-13H,3-8H2,1-2H3. The van der Waals surface area contributed by atoms with Crippen LogP contribution in [0.25, 0.3) is 0 Å². The van der Waals surface area contributed by atoms with Gasteiger partial charge in [-0.05, 0) is 44.9 Å². The molecule has 1 heterocycles. The van der Waals surface area contributed by atoms with Crippen molar-refractivity contribution in [1.29, 1.82) is 0 Å². The molecule has 1 aliphatic heterocycles. The van der Waals surface area contributed by atoms with Gasteiger partial charge in [-0.3, -0.25) is 4.79 Å².